The van der Waals surface area contributed by atoms with E-state index in [2.05, 4.69) is 5.32 Å². The highest BCUT2D eigenvalue weighted by Crippen LogP contribution is 2.15. The van der Waals surface area contributed by atoms with E-state index in [1.807, 2.05) is 48.7 Å². The third kappa shape index (κ3) is 2.49. The first-order chi connectivity index (χ1) is 7.77. The highest BCUT2D eigenvalue weighted by atomic mass is 32.1. The monoisotopic (exact) mass is 231 g/mol. The minimum Gasteiger partial charge on any atom is -0.378 e. The van der Waals surface area contributed by atoms with Gasteiger partial charge in [-0.3, -0.25) is 4.79 Å². The molecule has 0 amide bonds. The van der Waals surface area contributed by atoms with E-state index in [1.165, 1.54) is 0 Å². The molecule has 1 aromatic heterocycles. The van der Waals surface area contributed by atoms with E-state index in [0.717, 1.165) is 16.1 Å². The Morgan fingerprint density at radius 1 is 1.25 bits per heavy atom. The first kappa shape index (κ1) is 10.9. The second-order valence-electron chi connectivity index (χ2n) is 3.53. The summed E-state index contributed by atoms with van der Waals surface area (Å²) in [5.74, 6) is 0.141. The number of hydrogen-bond donors (Lipinski definition) is 1. The third-order valence-corrected chi connectivity index (χ3v) is 3.23. The Morgan fingerprint density at radius 2 is 2.00 bits per heavy atom. The van der Waals surface area contributed by atoms with Crippen LogP contribution in [0.2, 0.25) is 0 Å². The zero-order chi connectivity index (χ0) is 11.4. The Balaban J connectivity index is 1.97. The van der Waals surface area contributed by atoms with Crippen molar-refractivity contribution in [2.45, 2.75) is 6.92 Å². The number of anilines is 1. The number of benzene rings is 1. The van der Waals surface area contributed by atoms with Gasteiger partial charge in [-0.2, -0.15) is 0 Å². The van der Waals surface area contributed by atoms with E-state index in [0.29, 0.717) is 6.54 Å². The van der Waals surface area contributed by atoms with Crippen molar-refractivity contribution in [3.63, 3.8) is 0 Å². The minimum atomic E-state index is 0.141. The Hall–Kier alpha value is -1.61. The van der Waals surface area contributed by atoms with Gasteiger partial charge in [0, 0.05) is 16.1 Å². The van der Waals surface area contributed by atoms with Gasteiger partial charge in [-0.15, -0.1) is 11.3 Å². The number of hydrogen-bond acceptors (Lipinski definition) is 3. The summed E-state index contributed by atoms with van der Waals surface area (Å²) in [4.78, 5) is 12.9. The lowest BCUT2D eigenvalue weighted by Gasteiger charge is -2.04. The highest BCUT2D eigenvalue weighted by molar-refractivity contribution is 7.10. The maximum Gasteiger partial charge on any atom is 0.182 e. The Bertz CT molecular complexity index is 476. The van der Waals surface area contributed by atoms with Gasteiger partial charge in [-0.05, 0) is 30.5 Å². The van der Waals surface area contributed by atoms with Gasteiger partial charge in [0.2, 0.25) is 0 Å². The van der Waals surface area contributed by atoms with Gasteiger partial charge >= 0.3 is 0 Å². The van der Waals surface area contributed by atoms with Crippen LogP contribution in [-0.2, 0) is 0 Å². The summed E-state index contributed by atoms with van der Waals surface area (Å²) >= 11 is 1.61. The van der Waals surface area contributed by atoms with E-state index in [1.54, 1.807) is 11.3 Å². The maximum atomic E-state index is 11.8. The predicted molar refractivity (Wildman–Crippen MR) is 68.3 cm³/mol. The van der Waals surface area contributed by atoms with Gasteiger partial charge < -0.3 is 5.32 Å². The molecule has 0 fully saturated rings. The van der Waals surface area contributed by atoms with Crippen LogP contribution in [0.4, 0.5) is 5.69 Å². The number of rotatable bonds is 4. The Morgan fingerprint density at radius 3 is 2.62 bits per heavy atom. The lowest BCUT2D eigenvalue weighted by molar-refractivity contribution is 0.101. The van der Waals surface area contributed by atoms with Crippen molar-refractivity contribution in [1.82, 2.24) is 0 Å². The lowest BCUT2D eigenvalue weighted by Crippen LogP contribution is -2.13. The molecule has 0 atom stereocenters. The molecule has 0 spiro atoms. The van der Waals surface area contributed by atoms with E-state index in [-0.39, 0.29) is 5.78 Å². The topological polar surface area (TPSA) is 29.1 Å². The zero-order valence-corrected chi connectivity index (χ0v) is 9.88. The van der Waals surface area contributed by atoms with Gasteiger partial charge in [0.05, 0.1) is 6.54 Å². The number of carbonyl (C=O) groups excluding carboxylic acids is 1. The Kier molecular flexibility index (Phi) is 3.37. The van der Waals surface area contributed by atoms with E-state index < -0.39 is 0 Å². The largest absolute Gasteiger partial charge is 0.378 e. The first-order valence-electron chi connectivity index (χ1n) is 5.13. The Labute approximate surface area is 98.9 Å². The molecule has 0 radical (unpaired) electrons. The molecule has 16 heavy (non-hydrogen) atoms. The molecule has 2 aromatic rings. The molecule has 2 nitrogen and oxygen atoms in total. The van der Waals surface area contributed by atoms with Crippen LogP contribution in [0, 0.1) is 6.92 Å². The van der Waals surface area contributed by atoms with Crippen LogP contribution < -0.4 is 5.32 Å². The molecule has 0 bridgehead atoms. The molecule has 1 heterocycles. The van der Waals surface area contributed by atoms with Crippen LogP contribution >= 0.6 is 11.3 Å². The lowest BCUT2D eigenvalue weighted by atomic mass is 10.2. The van der Waals surface area contributed by atoms with Gasteiger partial charge in [0.15, 0.2) is 5.78 Å². The van der Waals surface area contributed by atoms with E-state index >= 15 is 0 Å². The fraction of sp³-hybridized carbons (Fsp3) is 0.154. The van der Waals surface area contributed by atoms with Crippen LogP contribution in [0.5, 0.6) is 0 Å². The second kappa shape index (κ2) is 4.94. The summed E-state index contributed by atoms with van der Waals surface area (Å²) in [5, 5.41) is 5.06. The van der Waals surface area contributed by atoms with Crippen molar-refractivity contribution in [2.75, 3.05) is 11.9 Å². The smallest absolute Gasteiger partial charge is 0.182 e. The second-order valence-corrected chi connectivity index (χ2v) is 4.65. The average molecular weight is 231 g/mol. The number of ketones is 1. The van der Waals surface area contributed by atoms with Crippen molar-refractivity contribution < 1.29 is 4.79 Å². The maximum absolute atomic E-state index is 11.8. The number of carbonyl (C=O) groups is 1. The zero-order valence-electron chi connectivity index (χ0n) is 9.07. The standard InChI is InChI=1S/C13H13NOS/c1-10-12(7-8-16-10)13(15)9-14-11-5-3-2-4-6-11/h2-8,14H,9H2,1H3. The molecule has 0 aliphatic carbocycles. The van der Waals surface area contributed by atoms with E-state index in [9.17, 15) is 4.79 Å². The number of para-hydroxylation sites is 1. The molecule has 0 aliphatic rings. The van der Waals surface area contributed by atoms with Crippen LogP contribution in [0.25, 0.3) is 0 Å². The normalized spacial score (nSPS) is 10.1. The summed E-state index contributed by atoms with van der Waals surface area (Å²) in [6.07, 6.45) is 0. The molecule has 0 aliphatic heterocycles. The third-order valence-electron chi connectivity index (χ3n) is 2.39. The summed E-state index contributed by atoms with van der Waals surface area (Å²) in [6.45, 7) is 2.32. The van der Waals surface area contributed by atoms with Crippen molar-refractivity contribution in [3.8, 4) is 0 Å². The molecule has 1 aromatic carbocycles. The van der Waals surface area contributed by atoms with Gasteiger partial charge in [0.1, 0.15) is 0 Å². The van der Waals surface area contributed by atoms with Crippen molar-refractivity contribution in [2.24, 2.45) is 0 Å². The van der Waals surface area contributed by atoms with Crippen molar-refractivity contribution in [1.29, 1.82) is 0 Å². The SMILES string of the molecule is Cc1sccc1C(=O)CNc1ccccc1. The van der Waals surface area contributed by atoms with Crippen molar-refractivity contribution in [3.05, 3.63) is 52.2 Å². The summed E-state index contributed by atoms with van der Waals surface area (Å²) in [6, 6.07) is 11.6. The minimum absolute atomic E-state index is 0.141. The van der Waals surface area contributed by atoms with Crippen LogP contribution in [0.1, 0.15) is 15.2 Å². The summed E-state index contributed by atoms with van der Waals surface area (Å²) < 4.78 is 0. The summed E-state index contributed by atoms with van der Waals surface area (Å²) in [7, 11) is 0. The number of aryl methyl sites for hydroxylation is 1. The molecule has 0 saturated carbocycles. The molecule has 0 saturated heterocycles. The highest BCUT2D eigenvalue weighted by Gasteiger charge is 2.09. The molecule has 82 valence electrons. The molecular weight excluding hydrogens is 218 g/mol. The molecular formula is C13H13NOS. The average Bonchev–Trinajstić information content (AvgIpc) is 2.74. The van der Waals surface area contributed by atoms with Gasteiger partial charge in [0.25, 0.3) is 0 Å². The van der Waals surface area contributed by atoms with Crippen LogP contribution in [0.15, 0.2) is 41.8 Å². The number of thiophene rings is 1. The van der Waals surface area contributed by atoms with Crippen LogP contribution in [-0.4, -0.2) is 12.3 Å². The number of Topliss-reactive ketones (excluding diaryl/α,β-unsaturated/α-hetero) is 1. The van der Waals surface area contributed by atoms with Crippen LogP contribution in [0.3, 0.4) is 0 Å². The van der Waals surface area contributed by atoms with Gasteiger partial charge in [-0.25, -0.2) is 0 Å². The molecule has 2 rings (SSSR count). The molecule has 3 heteroatoms. The summed E-state index contributed by atoms with van der Waals surface area (Å²) in [5.41, 5.74) is 1.80. The van der Waals surface area contributed by atoms with Gasteiger partial charge in [-0.1, -0.05) is 18.2 Å². The molecule has 1 N–H and O–H groups in total. The van der Waals surface area contributed by atoms with E-state index in [4.69, 9.17) is 0 Å². The molecule has 0 unspecified atom stereocenters. The fourth-order valence-corrected chi connectivity index (χ4v) is 2.22. The fourth-order valence-electron chi connectivity index (χ4n) is 1.51. The first-order valence-corrected chi connectivity index (χ1v) is 6.01. The quantitative estimate of drug-likeness (QED) is 0.817. The predicted octanol–water partition coefficient (Wildman–Crippen LogP) is 3.35. The van der Waals surface area contributed by atoms with Crippen molar-refractivity contribution >= 4 is 22.8 Å². The number of nitrogens with one attached hydrogen (secondary N) is 1.